The zero-order valence-electron chi connectivity index (χ0n) is 16.5. The van der Waals surface area contributed by atoms with Gasteiger partial charge >= 0.3 is 0 Å². The van der Waals surface area contributed by atoms with E-state index in [1.807, 2.05) is 13.8 Å². The molecule has 1 aliphatic heterocycles. The smallest absolute Gasteiger partial charge is 0.262 e. The largest absolute Gasteiger partial charge is 0.356 e. The number of anilines is 1. The number of hydrogen-bond donors (Lipinski definition) is 3. The molecule has 1 atom stereocenters. The molecule has 3 N–H and O–H groups in total. The number of amides is 1. The molecule has 1 fully saturated rings. The number of halogens is 1. The molecule has 7 nitrogen and oxygen atoms in total. The second-order valence-electron chi connectivity index (χ2n) is 8.19. The first kappa shape index (κ1) is 17.9. The molecule has 5 rings (SSSR count). The number of aromatic nitrogens is 3. The van der Waals surface area contributed by atoms with Crippen LogP contribution in [0, 0.1) is 5.82 Å². The Morgan fingerprint density at radius 3 is 2.76 bits per heavy atom. The minimum Gasteiger partial charge on any atom is -0.356 e. The summed E-state index contributed by atoms with van der Waals surface area (Å²) in [4.78, 5) is 33.1. The first-order valence-electron chi connectivity index (χ1n) is 9.86. The molecule has 1 aromatic carbocycles. The lowest BCUT2D eigenvalue weighted by Gasteiger charge is -2.18. The van der Waals surface area contributed by atoms with Gasteiger partial charge in [0, 0.05) is 12.1 Å². The van der Waals surface area contributed by atoms with E-state index in [2.05, 4.69) is 27.5 Å². The summed E-state index contributed by atoms with van der Waals surface area (Å²) in [6, 6.07) is 4.21. The maximum absolute atomic E-state index is 15.0. The third-order valence-electron chi connectivity index (χ3n) is 5.95. The molecule has 29 heavy (non-hydrogen) atoms. The predicted octanol–water partition coefficient (Wildman–Crippen LogP) is 3.32. The number of nitrogens with one attached hydrogen (secondary N) is 3. The van der Waals surface area contributed by atoms with Gasteiger partial charge in [-0.2, -0.15) is 0 Å². The Hall–Kier alpha value is -3.16. The van der Waals surface area contributed by atoms with E-state index >= 15 is 0 Å². The van der Waals surface area contributed by atoms with Crippen molar-refractivity contribution < 1.29 is 9.18 Å². The molecule has 0 saturated heterocycles. The number of nitrogens with zero attached hydrogens (tertiary/aromatic N) is 2. The van der Waals surface area contributed by atoms with Crippen LogP contribution in [0.15, 0.2) is 23.0 Å². The van der Waals surface area contributed by atoms with E-state index in [1.54, 1.807) is 10.6 Å². The van der Waals surface area contributed by atoms with Gasteiger partial charge < -0.3 is 15.6 Å². The lowest BCUT2D eigenvalue weighted by Crippen LogP contribution is -2.28. The van der Waals surface area contributed by atoms with Crippen molar-refractivity contribution in [3.05, 3.63) is 45.6 Å². The fourth-order valence-corrected chi connectivity index (χ4v) is 3.97. The van der Waals surface area contributed by atoms with Crippen molar-refractivity contribution >= 4 is 22.8 Å². The van der Waals surface area contributed by atoms with Gasteiger partial charge in [-0.1, -0.05) is 0 Å². The molecule has 150 valence electrons. The molecule has 2 aromatic heterocycles. The van der Waals surface area contributed by atoms with Crippen molar-refractivity contribution in [2.75, 3.05) is 5.32 Å². The van der Waals surface area contributed by atoms with Crippen LogP contribution < -0.4 is 16.2 Å². The average molecular weight is 395 g/mol. The first-order chi connectivity index (χ1) is 13.8. The van der Waals surface area contributed by atoms with Crippen LogP contribution in [0.1, 0.15) is 55.7 Å². The molecule has 1 unspecified atom stereocenters. The maximum atomic E-state index is 15.0. The Morgan fingerprint density at radius 1 is 1.34 bits per heavy atom. The molecule has 8 heteroatoms. The summed E-state index contributed by atoms with van der Waals surface area (Å²) in [7, 11) is 0. The lowest BCUT2D eigenvalue weighted by molar-refractivity contribution is 0.0958. The van der Waals surface area contributed by atoms with Gasteiger partial charge in [0.25, 0.3) is 11.5 Å². The van der Waals surface area contributed by atoms with E-state index in [0.717, 1.165) is 12.8 Å². The molecule has 3 heterocycles. The molecule has 1 aliphatic carbocycles. The fourth-order valence-electron chi connectivity index (χ4n) is 3.97. The van der Waals surface area contributed by atoms with Crippen molar-refractivity contribution in [3.8, 4) is 11.3 Å². The second kappa shape index (κ2) is 5.92. The van der Waals surface area contributed by atoms with Gasteiger partial charge in [-0.3, -0.25) is 14.2 Å². The minimum absolute atomic E-state index is 0.0847. The van der Waals surface area contributed by atoms with Crippen molar-refractivity contribution in [3.63, 3.8) is 0 Å². The van der Waals surface area contributed by atoms with Crippen LogP contribution in [-0.2, 0) is 6.54 Å². The van der Waals surface area contributed by atoms with Gasteiger partial charge in [-0.05, 0) is 51.8 Å². The fraction of sp³-hybridized carbons (Fsp3) is 0.381. The van der Waals surface area contributed by atoms with Crippen LogP contribution in [0.3, 0.4) is 0 Å². The van der Waals surface area contributed by atoms with Crippen molar-refractivity contribution in [2.45, 2.75) is 51.7 Å². The average Bonchev–Trinajstić information content (AvgIpc) is 3.12. The van der Waals surface area contributed by atoms with E-state index in [0.29, 0.717) is 40.3 Å². The second-order valence-corrected chi connectivity index (χ2v) is 8.19. The van der Waals surface area contributed by atoms with Crippen molar-refractivity contribution in [1.29, 1.82) is 0 Å². The van der Waals surface area contributed by atoms with Crippen LogP contribution in [-0.4, -0.2) is 26.0 Å². The van der Waals surface area contributed by atoms with E-state index in [1.165, 1.54) is 12.1 Å². The quantitative estimate of drug-likeness (QED) is 0.632. The molecular formula is C21H22FN5O2. The van der Waals surface area contributed by atoms with Crippen LogP contribution in [0.4, 0.5) is 10.3 Å². The zero-order valence-corrected chi connectivity index (χ0v) is 16.5. The number of carbonyl (C=O) groups is 1. The minimum atomic E-state index is -0.491. The predicted molar refractivity (Wildman–Crippen MR) is 109 cm³/mol. The summed E-state index contributed by atoms with van der Waals surface area (Å²) < 4.78 is 16.5. The van der Waals surface area contributed by atoms with E-state index in [9.17, 15) is 14.0 Å². The number of benzene rings is 1. The molecule has 0 bridgehead atoms. The van der Waals surface area contributed by atoms with Gasteiger partial charge in [0.1, 0.15) is 5.82 Å². The molecule has 3 aromatic rings. The van der Waals surface area contributed by atoms with E-state index < -0.39 is 5.82 Å². The highest BCUT2D eigenvalue weighted by atomic mass is 19.1. The standard InChI is InChI=1S/C21H22FN5O2/c1-4-27-19(29)11-5-6-13(22)15(17(11)25-20(27)26-21(3)7-8-21)14-9-12-16(24-14)10(2)23-18(12)28/h5-6,9-10,24H,4,7-8H2,1-3H3,(H,23,28)(H,25,26). The first-order valence-corrected chi connectivity index (χ1v) is 9.86. The summed E-state index contributed by atoms with van der Waals surface area (Å²) in [5, 5.41) is 6.52. The topological polar surface area (TPSA) is 91.8 Å². The van der Waals surface area contributed by atoms with E-state index in [4.69, 9.17) is 0 Å². The normalized spacial score (nSPS) is 19.3. The highest BCUT2D eigenvalue weighted by Gasteiger charge is 2.38. The number of carbonyl (C=O) groups excluding carboxylic acids is 1. The molecule has 0 spiro atoms. The van der Waals surface area contributed by atoms with Crippen LogP contribution in [0.25, 0.3) is 22.2 Å². The maximum Gasteiger partial charge on any atom is 0.262 e. The third-order valence-corrected chi connectivity index (χ3v) is 5.95. The molecule has 1 amide bonds. The number of rotatable bonds is 4. The summed E-state index contributed by atoms with van der Waals surface area (Å²) in [6.45, 7) is 6.28. The lowest BCUT2D eigenvalue weighted by atomic mass is 10.1. The number of fused-ring (bicyclic) bond motifs is 2. The zero-order chi connectivity index (χ0) is 20.5. The van der Waals surface area contributed by atoms with E-state index in [-0.39, 0.29) is 28.6 Å². The van der Waals surface area contributed by atoms with Crippen LogP contribution in [0.5, 0.6) is 0 Å². The summed E-state index contributed by atoms with van der Waals surface area (Å²) >= 11 is 0. The Labute approximate surface area is 166 Å². The summed E-state index contributed by atoms with van der Waals surface area (Å²) in [6.07, 6.45) is 1.99. The Morgan fingerprint density at radius 2 is 2.10 bits per heavy atom. The van der Waals surface area contributed by atoms with Crippen molar-refractivity contribution in [1.82, 2.24) is 19.9 Å². The molecule has 0 radical (unpaired) electrons. The molecular weight excluding hydrogens is 373 g/mol. The monoisotopic (exact) mass is 395 g/mol. The SMILES string of the molecule is CCn1c(NC2(C)CC2)nc2c(-c3cc4c([nH]3)C(C)NC4=O)c(F)ccc2c1=O. The van der Waals surface area contributed by atoms with Gasteiger partial charge in [-0.25, -0.2) is 9.37 Å². The Balaban J connectivity index is 1.77. The van der Waals surface area contributed by atoms with Gasteiger partial charge in [0.05, 0.1) is 39.5 Å². The van der Waals surface area contributed by atoms with Gasteiger partial charge in [-0.15, -0.1) is 0 Å². The number of hydrogen-bond acceptors (Lipinski definition) is 4. The van der Waals surface area contributed by atoms with Crippen LogP contribution >= 0.6 is 0 Å². The molecule has 2 aliphatic rings. The Kier molecular flexibility index (Phi) is 3.65. The molecule has 1 saturated carbocycles. The third kappa shape index (κ3) is 2.66. The summed E-state index contributed by atoms with van der Waals surface area (Å²) in [5.41, 5.74) is 1.86. The van der Waals surface area contributed by atoms with Crippen LogP contribution in [0.2, 0.25) is 0 Å². The highest BCUT2D eigenvalue weighted by Crippen LogP contribution is 2.38. The summed E-state index contributed by atoms with van der Waals surface area (Å²) in [5.74, 6) is -0.238. The number of aromatic amines is 1. The number of H-pyrrole nitrogens is 1. The van der Waals surface area contributed by atoms with Crippen molar-refractivity contribution in [2.24, 2.45) is 0 Å². The van der Waals surface area contributed by atoms with Gasteiger partial charge in [0.2, 0.25) is 5.95 Å². The van der Waals surface area contributed by atoms with Gasteiger partial charge in [0.15, 0.2) is 0 Å². The highest BCUT2D eigenvalue weighted by molar-refractivity contribution is 6.01. The Bertz CT molecular complexity index is 1240.